The number of hydrogen-bond donors (Lipinski definition) is 1. The Morgan fingerprint density at radius 3 is 2.39 bits per heavy atom. The van der Waals surface area contributed by atoms with Gasteiger partial charge in [0.15, 0.2) is 0 Å². The highest BCUT2D eigenvalue weighted by Crippen LogP contribution is 2.50. The number of alkyl halides is 3. The van der Waals surface area contributed by atoms with Crippen LogP contribution in [0.15, 0.2) is 64.9 Å². The summed E-state index contributed by atoms with van der Waals surface area (Å²) in [6, 6.07) is 13.7. The number of rotatable bonds is 6. The molecule has 0 saturated carbocycles. The molecule has 11 heteroatoms. The van der Waals surface area contributed by atoms with E-state index < -0.39 is 23.8 Å². The zero-order valence-electron chi connectivity index (χ0n) is 20.7. The van der Waals surface area contributed by atoms with Crippen LogP contribution in [0, 0.1) is 0 Å². The Balaban J connectivity index is 1.64. The third kappa shape index (κ3) is 5.73. The highest BCUT2D eigenvalue weighted by molar-refractivity contribution is 6.34. The Hall–Kier alpha value is -3.30. The van der Waals surface area contributed by atoms with E-state index >= 15 is 0 Å². The maximum atomic E-state index is 14.4. The third-order valence-electron chi connectivity index (χ3n) is 5.75. The average molecular weight is 566 g/mol. The summed E-state index contributed by atoms with van der Waals surface area (Å²) < 4.78 is 43.3. The highest BCUT2D eigenvalue weighted by atomic mass is 35.5. The van der Waals surface area contributed by atoms with Gasteiger partial charge in [0, 0.05) is 33.2 Å². The Labute approximate surface area is 227 Å². The zero-order chi connectivity index (χ0) is 27.7. The lowest BCUT2D eigenvalue weighted by molar-refractivity contribution is -0.275. The van der Waals surface area contributed by atoms with E-state index in [4.69, 9.17) is 32.9 Å². The highest BCUT2D eigenvalue weighted by Gasteiger charge is 2.62. The van der Waals surface area contributed by atoms with E-state index in [9.17, 15) is 18.0 Å². The molecule has 0 saturated heterocycles. The van der Waals surface area contributed by atoms with Gasteiger partial charge in [-0.2, -0.15) is 13.2 Å². The van der Waals surface area contributed by atoms with Gasteiger partial charge in [0.05, 0.1) is 18.5 Å². The molecule has 0 spiro atoms. The van der Waals surface area contributed by atoms with Crippen LogP contribution in [0.25, 0.3) is 10.8 Å². The fourth-order valence-electron chi connectivity index (χ4n) is 4.05. The van der Waals surface area contributed by atoms with Crippen molar-refractivity contribution in [1.82, 2.24) is 5.32 Å². The van der Waals surface area contributed by atoms with E-state index in [1.165, 1.54) is 24.4 Å². The average Bonchev–Trinajstić information content (AvgIpc) is 3.28. The number of carbonyl (C=O) groups excluding carboxylic acids is 1. The summed E-state index contributed by atoms with van der Waals surface area (Å²) in [6.45, 7) is 5.67. The summed E-state index contributed by atoms with van der Waals surface area (Å²) in [7, 11) is 0. The van der Waals surface area contributed by atoms with Crippen LogP contribution < -0.4 is 5.32 Å². The minimum atomic E-state index is -4.82. The molecular weight excluding hydrogens is 542 g/mol. The first-order valence-corrected chi connectivity index (χ1v) is 12.3. The Bertz CT molecular complexity index is 1410. The standard InChI is InChI=1S/C27H24Cl2F3N3O3/c1-25(2,3)37-34-11-10-33-24(36)22-9-8-21(19-6-4-5-7-20(19)22)23-15-26(38-35-23,27(30,31)32)16-12-17(28)14-18(29)13-16/h4-9,11-14H,10,15H2,1-3H3,(H,33,36)/b34-11+. The molecular formula is C27H24Cl2F3N3O3. The van der Waals surface area contributed by atoms with Crippen molar-refractivity contribution in [1.29, 1.82) is 0 Å². The van der Waals surface area contributed by atoms with Gasteiger partial charge in [-0.3, -0.25) is 4.79 Å². The van der Waals surface area contributed by atoms with Crippen LogP contribution in [0.4, 0.5) is 13.2 Å². The number of oxime groups is 2. The van der Waals surface area contributed by atoms with E-state index in [1.807, 2.05) is 20.8 Å². The lowest BCUT2D eigenvalue weighted by atomic mass is 9.85. The van der Waals surface area contributed by atoms with Crippen LogP contribution in [0.2, 0.25) is 10.0 Å². The summed E-state index contributed by atoms with van der Waals surface area (Å²) in [4.78, 5) is 23.3. The lowest BCUT2D eigenvalue weighted by Gasteiger charge is -2.29. The molecule has 0 aromatic heterocycles. The predicted molar refractivity (Wildman–Crippen MR) is 142 cm³/mol. The molecule has 0 fully saturated rings. The second-order valence-corrected chi connectivity index (χ2v) is 10.6. The first-order valence-electron chi connectivity index (χ1n) is 11.6. The van der Waals surface area contributed by atoms with Crippen LogP contribution in [0.3, 0.4) is 0 Å². The topological polar surface area (TPSA) is 72.3 Å². The lowest BCUT2D eigenvalue weighted by Crippen LogP contribution is -2.42. The molecule has 1 heterocycles. The summed E-state index contributed by atoms with van der Waals surface area (Å²) >= 11 is 12.0. The van der Waals surface area contributed by atoms with Crippen LogP contribution >= 0.6 is 23.2 Å². The first kappa shape index (κ1) is 27.7. The van der Waals surface area contributed by atoms with Gasteiger partial charge < -0.3 is 15.0 Å². The number of benzene rings is 3. The molecule has 0 bridgehead atoms. The maximum Gasteiger partial charge on any atom is 0.435 e. The summed E-state index contributed by atoms with van der Waals surface area (Å²) in [5.74, 6) is -0.377. The Morgan fingerprint density at radius 1 is 1.11 bits per heavy atom. The molecule has 1 atom stereocenters. The molecule has 6 nitrogen and oxygen atoms in total. The molecule has 0 radical (unpaired) electrons. The van der Waals surface area contributed by atoms with Gasteiger partial charge in [-0.05, 0) is 55.8 Å². The number of carbonyl (C=O) groups is 1. The van der Waals surface area contributed by atoms with Crippen molar-refractivity contribution in [2.24, 2.45) is 10.3 Å². The number of nitrogens with zero attached hydrogens (tertiary/aromatic N) is 2. The van der Waals surface area contributed by atoms with Gasteiger partial charge in [-0.1, -0.05) is 63.8 Å². The van der Waals surface area contributed by atoms with Crippen molar-refractivity contribution in [3.05, 3.63) is 81.3 Å². The summed E-state index contributed by atoms with van der Waals surface area (Å²) in [6.07, 6.45) is -3.99. The van der Waals surface area contributed by atoms with Gasteiger partial charge in [0.1, 0.15) is 5.60 Å². The van der Waals surface area contributed by atoms with Crippen molar-refractivity contribution >= 4 is 51.8 Å². The van der Waals surface area contributed by atoms with E-state index in [-0.39, 0.29) is 33.8 Å². The number of halogens is 5. The largest absolute Gasteiger partial charge is 0.435 e. The molecule has 1 unspecified atom stereocenters. The molecule has 3 aromatic rings. The molecule has 1 N–H and O–H groups in total. The van der Waals surface area contributed by atoms with Crippen molar-refractivity contribution in [2.75, 3.05) is 6.54 Å². The number of nitrogens with one attached hydrogen (secondary N) is 1. The minimum Gasteiger partial charge on any atom is -0.390 e. The van der Waals surface area contributed by atoms with E-state index in [2.05, 4.69) is 15.6 Å². The van der Waals surface area contributed by atoms with Crippen molar-refractivity contribution in [2.45, 2.75) is 44.6 Å². The van der Waals surface area contributed by atoms with Gasteiger partial charge >= 0.3 is 6.18 Å². The zero-order valence-corrected chi connectivity index (χ0v) is 22.2. The van der Waals surface area contributed by atoms with Gasteiger partial charge in [0.2, 0.25) is 0 Å². The van der Waals surface area contributed by atoms with Gasteiger partial charge in [0.25, 0.3) is 11.5 Å². The summed E-state index contributed by atoms with van der Waals surface area (Å²) in [5, 5.41) is 11.6. The Morgan fingerprint density at radius 2 is 1.76 bits per heavy atom. The molecule has 4 rings (SSSR count). The van der Waals surface area contributed by atoms with Crippen molar-refractivity contribution < 1.29 is 27.6 Å². The molecule has 3 aromatic carbocycles. The van der Waals surface area contributed by atoms with Crippen molar-refractivity contribution in [3.8, 4) is 0 Å². The maximum absolute atomic E-state index is 14.4. The number of amides is 1. The Kier molecular flexibility index (Phi) is 7.63. The van der Waals surface area contributed by atoms with Crippen LogP contribution in [0.5, 0.6) is 0 Å². The molecule has 200 valence electrons. The van der Waals surface area contributed by atoms with Crippen molar-refractivity contribution in [3.63, 3.8) is 0 Å². The van der Waals surface area contributed by atoms with Gasteiger partial charge in [-0.25, -0.2) is 0 Å². The van der Waals surface area contributed by atoms with E-state index in [0.29, 0.717) is 21.9 Å². The molecule has 1 aliphatic heterocycles. The van der Waals surface area contributed by atoms with Crippen LogP contribution in [-0.2, 0) is 15.3 Å². The van der Waals surface area contributed by atoms with Crippen LogP contribution in [0.1, 0.15) is 48.7 Å². The molecule has 38 heavy (non-hydrogen) atoms. The molecule has 1 aliphatic rings. The second-order valence-electron chi connectivity index (χ2n) is 9.70. The normalized spacial score (nSPS) is 17.9. The number of hydrogen-bond acceptors (Lipinski definition) is 5. The smallest absolute Gasteiger partial charge is 0.390 e. The van der Waals surface area contributed by atoms with E-state index in [1.54, 1.807) is 36.4 Å². The second kappa shape index (κ2) is 10.5. The van der Waals surface area contributed by atoms with Crippen LogP contribution in [-0.4, -0.2) is 36.2 Å². The SMILES string of the molecule is CC(C)(C)O/N=C/CNC(=O)c1ccc(C2=NOC(c3cc(Cl)cc(Cl)c3)(C(F)(F)F)C2)c2ccccc12. The minimum absolute atomic E-state index is 0.0454. The quantitative estimate of drug-likeness (QED) is 0.252. The van der Waals surface area contributed by atoms with Gasteiger partial charge in [-0.15, -0.1) is 0 Å². The fourth-order valence-corrected chi connectivity index (χ4v) is 4.58. The fraction of sp³-hybridized carbons (Fsp3) is 0.296. The first-order chi connectivity index (χ1) is 17.8. The summed E-state index contributed by atoms with van der Waals surface area (Å²) in [5.41, 5.74) is -2.63. The monoisotopic (exact) mass is 565 g/mol. The molecule has 1 amide bonds. The number of fused-ring (bicyclic) bond motifs is 1. The third-order valence-corrected chi connectivity index (χ3v) is 6.19. The van der Waals surface area contributed by atoms with E-state index in [0.717, 1.165) is 0 Å². The predicted octanol–water partition coefficient (Wildman–Crippen LogP) is 7.26. The molecule has 0 aliphatic carbocycles.